The third-order valence-electron chi connectivity index (χ3n) is 2.83. The third-order valence-corrected chi connectivity index (χ3v) is 3.64. The lowest BCUT2D eigenvalue weighted by molar-refractivity contribution is -0.115. The summed E-state index contributed by atoms with van der Waals surface area (Å²) < 4.78 is 1.86. The van der Waals surface area contributed by atoms with Gasteiger partial charge in [-0.2, -0.15) is 0 Å². The molecule has 0 spiro atoms. The van der Waals surface area contributed by atoms with Crippen molar-refractivity contribution in [3.63, 3.8) is 0 Å². The molecule has 1 saturated heterocycles. The predicted molar refractivity (Wildman–Crippen MR) is 76.5 cm³/mol. The van der Waals surface area contributed by atoms with E-state index in [4.69, 9.17) is 0 Å². The number of aromatic hydroxyl groups is 1. The number of thioether (sulfide) groups is 1. The summed E-state index contributed by atoms with van der Waals surface area (Å²) in [5, 5.41) is 11.2. The fourth-order valence-corrected chi connectivity index (χ4v) is 2.58. The number of rotatable bonds is 2. The quantitative estimate of drug-likeness (QED) is 0.832. The zero-order valence-corrected chi connectivity index (χ0v) is 11.1. The molecule has 100 valence electrons. The van der Waals surface area contributed by atoms with Crippen LogP contribution in [0, 0.1) is 0 Å². The lowest BCUT2D eigenvalue weighted by Gasteiger charge is -2.06. The van der Waals surface area contributed by atoms with Crippen LogP contribution in [0.5, 0.6) is 5.75 Å². The van der Waals surface area contributed by atoms with Crippen molar-refractivity contribution in [3.05, 3.63) is 53.2 Å². The van der Waals surface area contributed by atoms with E-state index in [-0.39, 0.29) is 16.9 Å². The van der Waals surface area contributed by atoms with Crippen molar-refractivity contribution in [3.8, 4) is 11.4 Å². The molecule has 1 aromatic heterocycles. The molecule has 0 saturated carbocycles. The van der Waals surface area contributed by atoms with Crippen molar-refractivity contribution in [2.45, 2.75) is 0 Å². The van der Waals surface area contributed by atoms with Gasteiger partial charge in [0.25, 0.3) is 11.1 Å². The highest BCUT2D eigenvalue weighted by Crippen LogP contribution is 2.26. The van der Waals surface area contributed by atoms with Gasteiger partial charge in [-0.05, 0) is 54.2 Å². The van der Waals surface area contributed by atoms with E-state index in [1.807, 2.05) is 22.9 Å². The van der Waals surface area contributed by atoms with Crippen LogP contribution in [0.2, 0.25) is 0 Å². The van der Waals surface area contributed by atoms with Gasteiger partial charge in [0.1, 0.15) is 5.75 Å². The Morgan fingerprint density at radius 2 is 1.90 bits per heavy atom. The zero-order chi connectivity index (χ0) is 14.1. The number of benzene rings is 1. The Morgan fingerprint density at radius 1 is 1.15 bits per heavy atom. The molecular weight excluding hydrogens is 276 g/mol. The van der Waals surface area contributed by atoms with Crippen molar-refractivity contribution in [2.75, 3.05) is 0 Å². The first-order chi connectivity index (χ1) is 9.63. The minimum absolute atomic E-state index is 0.192. The lowest BCUT2D eigenvalue weighted by atomic mass is 10.3. The van der Waals surface area contributed by atoms with Crippen molar-refractivity contribution in [1.82, 2.24) is 9.88 Å². The van der Waals surface area contributed by atoms with Gasteiger partial charge in [0, 0.05) is 17.6 Å². The SMILES string of the molecule is O=C1NC(=O)C(=Cc2cccn2-c2ccc(O)cc2)S1. The van der Waals surface area contributed by atoms with Crippen molar-refractivity contribution in [1.29, 1.82) is 0 Å². The maximum Gasteiger partial charge on any atom is 0.290 e. The highest BCUT2D eigenvalue weighted by atomic mass is 32.2. The van der Waals surface area contributed by atoms with Crippen molar-refractivity contribution >= 4 is 29.0 Å². The maximum absolute atomic E-state index is 11.5. The molecule has 1 aliphatic rings. The summed E-state index contributed by atoms with van der Waals surface area (Å²) in [5.41, 5.74) is 1.64. The van der Waals surface area contributed by atoms with Crippen LogP contribution in [-0.4, -0.2) is 20.8 Å². The van der Waals surface area contributed by atoms with E-state index < -0.39 is 0 Å². The minimum Gasteiger partial charge on any atom is -0.508 e. The van der Waals surface area contributed by atoms with Crippen LogP contribution >= 0.6 is 11.8 Å². The molecule has 2 amide bonds. The number of nitrogens with one attached hydrogen (secondary N) is 1. The van der Waals surface area contributed by atoms with Gasteiger partial charge < -0.3 is 9.67 Å². The van der Waals surface area contributed by atoms with Gasteiger partial charge in [-0.15, -0.1) is 0 Å². The Bertz CT molecular complexity index is 716. The number of aromatic nitrogens is 1. The van der Waals surface area contributed by atoms with Gasteiger partial charge in [0.2, 0.25) is 0 Å². The first-order valence-electron chi connectivity index (χ1n) is 5.85. The van der Waals surface area contributed by atoms with Crippen LogP contribution < -0.4 is 5.32 Å². The Morgan fingerprint density at radius 3 is 2.55 bits per heavy atom. The van der Waals surface area contributed by atoms with Crippen molar-refractivity contribution in [2.24, 2.45) is 0 Å². The largest absolute Gasteiger partial charge is 0.508 e. The van der Waals surface area contributed by atoms with Gasteiger partial charge in [0.15, 0.2) is 0 Å². The second-order valence-corrected chi connectivity index (χ2v) is 5.19. The van der Waals surface area contributed by atoms with E-state index in [1.165, 1.54) is 0 Å². The summed E-state index contributed by atoms with van der Waals surface area (Å²) in [4.78, 5) is 23.0. The van der Waals surface area contributed by atoms with E-state index in [9.17, 15) is 14.7 Å². The number of phenols is 1. The van der Waals surface area contributed by atoms with Crippen LogP contribution in [-0.2, 0) is 4.79 Å². The van der Waals surface area contributed by atoms with E-state index in [1.54, 1.807) is 30.3 Å². The fraction of sp³-hybridized carbons (Fsp3) is 0. The van der Waals surface area contributed by atoms with Crippen LogP contribution in [0.25, 0.3) is 11.8 Å². The molecule has 2 N–H and O–H groups in total. The van der Waals surface area contributed by atoms with E-state index in [2.05, 4.69) is 5.32 Å². The normalized spacial score (nSPS) is 16.7. The van der Waals surface area contributed by atoms with Crippen LogP contribution in [0.1, 0.15) is 5.69 Å². The molecule has 0 radical (unpaired) electrons. The summed E-state index contributed by atoms with van der Waals surface area (Å²) in [5.74, 6) is -0.185. The zero-order valence-electron chi connectivity index (χ0n) is 10.2. The highest BCUT2D eigenvalue weighted by Gasteiger charge is 2.25. The number of amides is 2. The molecule has 2 heterocycles. The molecule has 0 aliphatic carbocycles. The smallest absolute Gasteiger partial charge is 0.290 e. The van der Waals surface area contributed by atoms with Crippen LogP contribution in [0.4, 0.5) is 4.79 Å². The summed E-state index contributed by atoms with van der Waals surface area (Å²) in [6, 6.07) is 10.4. The number of hydrogen-bond donors (Lipinski definition) is 2. The monoisotopic (exact) mass is 286 g/mol. The van der Waals surface area contributed by atoms with Gasteiger partial charge in [-0.1, -0.05) is 0 Å². The molecule has 2 aromatic rings. The van der Waals surface area contributed by atoms with Crippen LogP contribution in [0.3, 0.4) is 0 Å². The first kappa shape index (κ1) is 12.6. The number of imide groups is 1. The summed E-state index contributed by atoms with van der Waals surface area (Å²) in [6.45, 7) is 0. The molecule has 1 aliphatic heterocycles. The number of carbonyl (C=O) groups excluding carboxylic acids is 2. The summed E-state index contributed by atoms with van der Waals surface area (Å²) >= 11 is 0.886. The molecule has 0 bridgehead atoms. The number of carbonyl (C=O) groups is 2. The highest BCUT2D eigenvalue weighted by molar-refractivity contribution is 8.18. The Hall–Kier alpha value is -2.47. The van der Waals surface area contributed by atoms with Crippen LogP contribution in [0.15, 0.2) is 47.5 Å². The predicted octanol–water partition coefficient (Wildman–Crippen LogP) is 2.51. The number of hydrogen-bond acceptors (Lipinski definition) is 4. The average molecular weight is 286 g/mol. The number of phenolic OH excluding ortho intramolecular Hbond substituents is 1. The minimum atomic E-state index is -0.376. The molecule has 3 rings (SSSR count). The number of nitrogens with zero attached hydrogens (tertiary/aromatic N) is 1. The molecule has 0 unspecified atom stereocenters. The second kappa shape index (κ2) is 4.90. The first-order valence-corrected chi connectivity index (χ1v) is 6.67. The van der Waals surface area contributed by atoms with Gasteiger partial charge in [-0.25, -0.2) is 0 Å². The van der Waals surface area contributed by atoms with Crippen molar-refractivity contribution < 1.29 is 14.7 Å². The molecule has 6 heteroatoms. The molecular formula is C14H10N2O3S. The summed E-state index contributed by atoms with van der Waals surface area (Å²) in [7, 11) is 0. The second-order valence-electron chi connectivity index (χ2n) is 4.17. The maximum atomic E-state index is 11.5. The topological polar surface area (TPSA) is 71.3 Å². The Labute approximate surface area is 118 Å². The average Bonchev–Trinajstić information content (AvgIpc) is 2.98. The molecule has 1 aromatic carbocycles. The van der Waals surface area contributed by atoms with E-state index >= 15 is 0 Å². The summed E-state index contributed by atoms with van der Waals surface area (Å²) in [6.07, 6.45) is 3.51. The van der Waals surface area contributed by atoms with E-state index in [0.717, 1.165) is 23.1 Å². The molecule has 0 atom stereocenters. The Balaban J connectivity index is 1.99. The lowest BCUT2D eigenvalue weighted by Crippen LogP contribution is -2.17. The molecule has 5 nitrogen and oxygen atoms in total. The van der Waals surface area contributed by atoms with Gasteiger partial charge >= 0.3 is 0 Å². The third kappa shape index (κ3) is 2.33. The van der Waals surface area contributed by atoms with E-state index in [0.29, 0.717) is 4.91 Å². The van der Waals surface area contributed by atoms with Gasteiger partial charge in [-0.3, -0.25) is 14.9 Å². The standard InChI is InChI=1S/C14H10N2O3S/c17-11-5-3-9(4-6-11)16-7-1-2-10(16)8-12-13(18)15-14(19)20-12/h1-8,17H,(H,15,18,19). The Kier molecular flexibility index (Phi) is 3.08. The van der Waals surface area contributed by atoms with Gasteiger partial charge in [0.05, 0.1) is 4.91 Å². The fourth-order valence-electron chi connectivity index (χ4n) is 1.92. The molecule has 1 fully saturated rings. The molecule has 20 heavy (non-hydrogen) atoms.